The largest absolute Gasteiger partial charge is 0.495 e. The molecule has 154 valence electrons. The molecule has 0 spiro atoms. The summed E-state index contributed by atoms with van der Waals surface area (Å²) in [6, 6.07) is 10.7. The normalized spacial score (nSPS) is 15.2. The smallest absolute Gasteiger partial charge is 0.335 e. The van der Waals surface area contributed by atoms with Crippen molar-refractivity contribution in [2.45, 2.75) is 11.8 Å². The number of rotatable bonds is 5. The molecule has 0 unspecified atom stereocenters. The van der Waals surface area contributed by atoms with Gasteiger partial charge in [-0.15, -0.1) is 0 Å². The highest BCUT2D eigenvalue weighted by Crippen LogP contribution is 2.28. The third kappa shape index (κ3) is 4.25. The Labute approximate surface area is 169 Å². The number of amides is 1. The number of nitrogens with zero attached hydrogens (tertiary/aromatic N) is 2. The van der Waals surface area contributed by atoms with Gasteiger partial charge in [0.05, 0.1) is 12.7 Å². The zero-order valence-corrected chi connectivity index (χ0v) is 17.0. The van der Waals surface area contributed by atoms with E-state index in [-0.39, 0.29) is 48.3 Å². The van der Waals surface area contributed by atoms with Crippen molar-refractivity contribution in [2.24, 2.45) is 0 Å². The van der Waals surface area contributed by atoms with Crippen molar-refractivity contribution in [1.82, 2.24) is 9.21 Å². The number of hydrogen-bond donors (Lipinski definition) is 1. The average Bonchev–Trinajstić information content (AvgIpc) is 2.73. The van der Waals surface area contributed by atoms with Gasteiger partial charge in [-0.3, -0.25) is 4.79 Å². The van der Waals surface area contributed by atoms with Crippen molar-refractivity contribution in [1.29, 1.82) is 0 Å². The molecule has 1 amide bonds. The number of carbonyl (C=O) groups is 2. The van der Waals surface area contributed by atoms with Crippen molar-refractivity contribution in [3.05, 3.63) is 59.2 Å². The van der Waals surface area contributed by atoms with Crippen LogP contribution in [0.5, 0.6) is 5.75 Å². The highest BCUT2D eigenvalue weighted by molar-refractivity contribution is 7.89. The monoisotopic (exact) mass is 418 g/mol. The molecule has 0 aromatic heterocycles. The van der Waals surface area contributed by atoms with Gasteiger partial charge < -0.3 is 14.7 Å². The maximum absolute atomic E-state index is 13.1. The van der Waals surface area contributed by atoms with Crippen LogP contribution in [-0.2, 0) is 10.0 Å². The molecule has 0 atom stereocenters. The minimum absolute atomic E-state index is 0.101. The van der Waals surface area contributed by atoms with Gasteiger partial charge >= 0.3 is 5.97 Å². The van der Waals surface area contributed by atoms with Crippen LogP contribution in [-0.4, -0.2) is 67.9 Å². The second-order valence-electron chi connectivity index (χ2n) is 6.73. The van der Waals surface area contributed by atoms with E-state index in [0.717, 1.165) is 5.56 Å². The molecule has 1 N–H and O–H groups in total. The first-order valence-electron chi connectivity index (χ1n) is 9.01. The maximum atomic E-state index is 13.1. The predicted octanol–water partition coefficient (Wildman–Crippen LogP) is 1.85. The minimum Gasteiger partial charge on any atom is -0.495 e. The molecular formula is C20H22N2O6S. The van der Waals surface area contributed by atoms with E-state index < -0.39 is 16.0 Å². The van der Waals surface area contributed by atoms with Gasteiger partial charge in [-0.1, -0.05) is 6.07 Å². The summed E-state index contributed by atoms with van der Waals surface area (Å²) in [6.07, 6.45) is 0. The first-order valence-corrected chi connectivity index (χ1v) is 10.5. The number of hydrogen-bond acceptors (Lipinski definition) is 5. The predicted molar refractivity (Wildman–Crippen MR) is 106 cm³/mol. The molecule has 0 bridgehead atoms. The van der Waals surface area contributed by atoms with Gasteiger partial charge in [0.2, 0.25) is 10.0 Å². The Hall–Kier alpha value is -2.91. The van der Waals surface area contributed by atoms with E-state index >= 15 is 0 Å². The highest BCUT2D eigenvalue weighted by atomic mass is 32.2. The quantitative estimate of drug-likeness (QED) is 0.795. The van der Waals surface area contributed by atoms with Crippen LogP contribution in [0, 0.1) is 6.92 Å². The van der Waals surface area contributed by atoms with E-state index in [1.807, 2.05) is 6.92 Å². The molecule has 1 aliphatic rings. The minimum atomic E-state index is -3.75. The number of piperazine rings is 1. The van der Waals surface area contributed by atoms with Gasteiger partial charge in [0.25, 0.3) is 5.91 Å². The number of aromatic carboxylic acids is 1. The molecule has 2 aromatic rings. The van der Waals surface area contributed by atoms with Crippen LogP contribution >= 0.6 is 0 Å². The van der Waals surface area contributed by atoms with Crippen molar-refractivity contribution >= 4 is 21.9 Å². The Bertz CT molecular complexity index is 1030. The molecule has 0 aliphatic carbocycles. The molecule has 2 aromatic carbocycles. The van der Waals surface area contributed by atoms with Crippen molar-refractivity contribution in [3.8, 4) is 5.75 Å². The molecule has 1 aliphatic heterocycles. The van der Waals surface area contributed by atoms with E-state index in [1.165, 1.54) is 35.7 Å². The lowest BCUT2D eigenvalue weighted by Gasteiger charge is -2.34. The number of sulfonamides is 1. The van der Waals surface area contributed by atoms with E-state index in [1.54, 1.807) is 23.1 Å². The first-order chi connectivity index (χ1) is 13.7. The summed E-state index contributed by atoms with van der Waals surface area (Å²) in [5, 5.41) is 8.95. The Balaban J connectivity index is 1.72. The van der Waals surface area contributed by atoms with Crippen LogP contribution in [0.4, 0.5) is 0 Å². The van der Waals surface area contributed by atoms with Crippen LogP contribution in [0.15, 0.2) is 47.4 Å². The fourth-order valence-electron chi connectivity index (χ4n) is 3.19. The third-order valence-electron chi connectivity index (χ3n) is 4.84. The SMILES string of the molecule is COc1ccc(C)cc1S(=O)(=O)N1CCN(C(=O)c2ccc(C(=O)O)cc2)CC1. The summed E-state index contributed by atoms with van der Waals surface area (Å²) < 4.78 is 32.7. The first kappa shape index (κ1) is 20.8. The van der Waals surface area contributed by atoms with Crippen LogP contribution in [0.1, 0.15) is 26.3 Å². The number of carbonyl (C=O) groups excluding carboxylic acids is 1. The summed E-state index contributed by atoms with van der Waals surface area (Å²) in [6.45, 7) is 2.63. The van der Waals surface area contributed by atoms with Crippen LogP contribution in [0.3, 0.4) is 0 Å². The third-order valence-corrected chi connectivity index (χ3v) is 6.76. The number of aryl methyl sites for hydroxylation is 1. The summed E-state index contributed by atoms with van der Waals surface area (Å²) in [7, 11) is -2.32. The number of ether oxygens (including phenoxy) is 1. The lowest BCUT2D eigenvalue weighted by molar-refractivity contribution is 0.0684. The molecule has 1 heterocycles. The van der Waals surface area contributed by atoms with Gasteiger partial charge in [0.1, 0.15) is 10.6 Å². The van der Waals surface area contributed by atoms with E-state index in [0.29, 0.717) is 5.56 Å². The lowest BCUT2D eigenvalue weighted by atomic mass is 10.1. The second-order valence-corrected chi connectivity index (χ2v) is 8.64. The number of carboxylic acid groups (broad SMARTS) is 1. The van der Waals surface area contributed by atoms with Gasteiger partial charge in [0, 0.05) is 31.7 Å². The average molecular weight is 418 g/mol. The second kappa shape index (κ2) is 8.22. The standard InChI is InChI=1S/C20H22N2O6S/c1-14-3-8-17(28-2)18(13-14)29(26,27)22-11-9-21(10-12-22)19(23)15-4-6-16(7-5-15)20(24)25/h3-8,13H,9-12H2,1-2H3,(H,24,25). The Kier molecular flexibility index (Phi) is 5.90. The van der Waals surface area contributed by atoms with Crippen LogP contribution in [0.2, 0.25) is 0 Å². The van der Waals surface area contributed by atoms with Gasteiger partial charge in [-0.25, -0.2) is 13.2 Å². The van der Waals surface area contributed by atoms with E-state index in [2.05, 4.69) is 0 Å². The molecule has 1 saturated heterocycles. The van der Waals surface area contributed by atoms with Crippen molar-refractivity contribution in [3.63, 3.8) is 0 Å². The highest BCUT2D eigenvalue weighted by Gasteiger charge is 2.32. The molecular weight excluding hydrogens is 396 g/mol. The topological polar surface area (TPSA) is 104 Å². The fraction of sp³-hybridized carbons (Fsp3) is 0.300. The van der Waals surface area contributed by atoms with E-state index in [4.69, 9.17) is 9.84 Å². The summed E-state index contributed by atoms with van der Waals surface area (Å²) in [4.78, 5) is 25.3. The molecule has 29 heavy (non-hydrogen) atoms. The molecule has 0 radical (unpaired) electrons. The van der Waals surface area contributed by atoms with Gasteiger partial charge in [-0.2, -0.15) is 4.31 Å². The summed E-state index contributed by atoms with van der Waals surface area (Å²) in [5.74, 6) is -1.03. The zero-order chi connectivity index (χ0) is 21.2. The Morgan fingerprint density at radius 2 is 1.55 bits per heavy atom. The van der Waals surface area contributed by atoms with E-state index in [9.17, 15) is 18.0 Å². The van der Waals surface area contributed by atoms with Crippen LogP contribution < -0.4 is 4.74 Å². The number of benzene rings is 2. The molecule has 3 rings (SSSR count). The Morgan fingerprint density at radius 3 is 2.10 bits per heavy atom. The van der Waals surface area contributed by atoms with Gasteiger partial charge in [0.15, 0.2) is 0 Å². The molecule has 0 saturated carbocycles. The molecule has 8 nitrogen and oxygen atoms in total. The fourth-order valence-corrected chi connectivity index (χ4v) is 4.86. The molecule has 1 fully saturated rings. The summed E-state index contributed by atoms with van der Waals surface area (Å²) >= 11 is 0. The van der Waals surface area contributed by atoms with Gasteiger partial charge in [-0.05, 0) is 48.9 Å². The zero-order valence-electron chi connectivity index (χ0n) is 16.2. The maximum Gasteiger partial charge on any atom is 0.335 e. The van der Waals surface area contributed by atoms with Crippen molar-refractivity contribution in [2.75, 3.05) is 33.3 Å². The summed E-state index contributed by atoms with van der Waals surface area (Å²) in [5.41, 5.74) is 1.28. The van der Waals surface area contributed by atoms with Crippen LogP contribution in [0.25, 0.3) is 0 Å². The Morgan fingerprint density at radius 1 is 0.966 bits per heavy atom. The number of methoxy groups -OCH3 is 1. The van der Waals surface area contributed by atoms with Crippen molar-refractivity contribution < 1.29 is 27.9 Å². The molecule has 9 heteroatoms. The lowest BCUT2D eigenvalue weighted by Crippen LogP contribution is -2.50. The number of carboxylic acids is 1.